The molecule has 6 heteroatoms. The summed E-state index contributed by atoms with van der Waals surface area (Å²) in [4.78, 5) is 5.20. The van der Waals surface area contributed by atoms with Crippen molar-refractivity contribution < 1.29 is 0 Å². The Kier molecular flexibility index (Phi) is 5.43. The second-order valence-electron chi connectivity index (χ2n) is 6.31. The van der Waals surface area contributed by atoms with E-state index in [1.807, 2.05) is 0 Å². The number of hydrogen-bond acceptors (Lipinski definition) is 6. The van der Waals surface area contributed by atoms with Gasteiger partial charge in [0.25, 0.3) is 0 Å². The first kappa shape index (κ1) is 15.2. The highest BCUT2D eigenvalue weighted by molar-refractivity contribution is 7.10. The van der Waals surface area contributed by atoms with E-state index in [1.165, 1.54) is 69.9 Å². The van der Waals surface area contributed by atoms with Crippen LogP contribution >= 0.6 is 11.5 Å². The molecule has 3 rings (SSSR count). The predicted molar refractivity (Wildman–Crippen MR) is 87.7 cm³/mol. The Morgan fingerprint density at radius 2 is 1.90 bits per heavy atom. The summed E-state index contributed by atoms with van der Waals surface area (Å²) in [6.07, 6.45) is 5.49. The van der Waals surface area contributed by atoms with Gasteiger partial charge in [0.15, 0.2) is 0 Å². The minimum absolute atomic E-state index is 0.904. The largest absolute Gasteiger partial charge is 0.374 e. The maximum atomic E-state index is 4.29. The summed E-state index contributed by atoms with van der Waals surface area (Å²) in [5.41, 5.74) is 1.12. The molecule has 0 radical (unpaired) electrons. The molecule has 1 aromatic rings. The van der Waals surface area contributed by atoms with E-state index in [0.29, 0.717) is 0 Å². The maximum Gasteiger partial charge on any atom is 0.134 e. The van der Waals surface area contributed by atoms with Gasteiger partial charge in [0.2, 0.25) is 0 Å². The molecule has 0 saturated carbocycles. The first-order chi connectivity index (χ1) is 10.3. The Balaban J connectivity index is 1.43. The lowest BCUT2D eigenvalue weighted by Gasteiger charge is -2.33. The van der Waals surface area contributed by atoms with Crippen LogP contribution in [0.5, 0.6) is 0 Å². The summed E-state index contributed by atoms with van der Waals surface area (Å²) < 4.78 is 4.09. The molecule has 0 aliphatic carbocycles. The van der Waals surface area contributed by atoms with Gasteiger partial charge >= 0.3 is 0 Å². The topological polar surface area (TPSA) is 44.3 Å². The third kappa shape index (κ3) is 4.14. The van der Waals surface area contributed by atoms with E-state index in [4.69, 9.17) is 0 Å². The third-order valence-electron chi connectivity index (χ3n) is 4.69. The van der Waals surface area contributed by atoms with E-state index in [1.54, 1.807) is 0 Å². The fourth-order valence-electron chi connectivity index (χ4n) is 3.48. The predicted octanol–water partition coefficient (Wildman–Crippen LogP) is 2.28. The van der Waals surface area contributed by atoms with Crippen LogP contribution in [0.15, 0.2) is 0 Å². The number of aromatic nitrogens is 2. The normalized spacial score (nSPS) is 22.0. The van der Waals surface area contributed by atoms with E-state index in [-0.39, 0.29) is 0 Å². The summed E-state index contributed by atoms with van der Waals surface area (Å²) in [5.74, 6) is 0.904. The van der Waals surface area contributed by atoms with Crippen molar-refractivity contribution in [3.63, 3.8) is 0 Å². The first-order valence-electron chi connectivity index (χ1n) is 8.35. The Hall–Kier alpha value is -0.720. The van der Waals surface area contributed by atoms with E-state index in [2.05, 4.69) is 31.6 Å². The van der Waals surface area contributed by atoms with Crippen LogP contribution < -0.4 is 5.32 Å². The SMILES string of the molecule is CCNc1snnc1CN1CCC(CN2CCCC2)CC1. The quantitative estimate of drug-likeness (QED) is 0.873. The molecule has 3 heterocycles. The van der Waals surface area contributed by atoms with Crippen LogP contribution in [0.1, 0.15) is 38.3 Å². The highest BCUT2D eigenvalue weighted by Crippen LogP contribution is 2.24. The molecule has 0 unspecified atom stereocenters. The molecular weight excluding hydrogens is 282 g/mol. The van der Waals surface area contributed by atoms with Crippen LogP contribution in [0.25, 0.3) is 0 Å². The van der Waals surface area contributed by atoms with Crippen molar-refractivity contribution in [1.82, 2.24) is 19.4 Å². The van der Waals surface area contributed by atoms with E-state index >= 15 is 0 Å². The number of nitrogens with zero attached hydrogens (tertiary/aromatic N) is 4. The lowest BCUT2D eigenvalue weighted by atomic mass is 9.96. The molecule has 0 aromatic carbocycles. The van der Waals surface area contributed by atoms with Gasteiger partial charge in [0.05, 0.1) is 0 Å². The Morgan fingerprint density at radius 1 is 1.14 bits per heavy atom. The van der Waals surface area contributed by atoms with Crippen LogP contribution in [0, 0.1) is 5.92 Å². The van der Waals surface area contributed by atoms with Crippen molar-refractivity contribution >= 4 is 16.5 Å². The standard InChI is InChI=1S/C15H27N5S/c1-2-16-15-14(17-18-21-15)12-20-9-5-13(6-10-20)11-19-7-3-4-8-19/h13,16H,2-12H2,1H3. The number of nitrogens with one attached hydrogen (secondary N) is 1. The summed E-state index contributed by atoms with van der Waals surface area (Å²) in [5, 5.41) is 8.80. The second kappa shape index (κ2) is 7.51. The average molecular weight is 309 g/mol. The van der Waals surface area contributed by atoms with Gasteiger partial charge in [-0.05, 0) is 64.7 Å². The Morgan fingerprint density at radius 3 is 2.62 bits per heavy atom. The molecule has 1 aromatic heterocycles. The molecule has 5 nitrogen and oxygen atoms in total. The highest BCUT2D eigenvalue weighted by Gasteiger charge is 2.23. The van der Waals surface area contributed by atoms with Gasteiger partial charge in [-0.2, -0.15) is 0 Å². The molecule has 21 heavy (non-hydrogen) atoms. The van der Waals surface area contributed by atoms with Crippen molar-refractivity contribution in [3.8, 4) is 0 Å². The highest BCUT2D eigenvalue weighted by atomic mass is 32.1. The van der Waals surface area contributed by atoms with Gasteiger partial charge in [-0.1, -0.05) is 4.49 Å². The fraction of sp³-hybridized carbons (Fsp3) is 0.867. The molecule has 2 aliphatic heterocycles. The molecule has 2 saturated heterocycles. The van der Waals surface area contributed by atoms with Crippen molar-refractivity contribution in [3.05, 3.63) is 5.69 Å². The average Bonchev–Trinajstić information content (AvgIpc) is 3.14. The zero-order valence-electron chi connectivity index (χ0n) is 13.1. The minimum atomic E-state index is 0.904. The van der Waals surface area contributed by atoms with E-state index in [0.717, 1.165) is 29.7 Å². The van der Waals surface area contributed by atoms with Gasteiger partial charge in [-0.25, -0.2) is 0 Å². The van der Waals surface area contributed by atoms with Crippen LogP contribution in [-0.2, 0) is 6.54 Å². The summed E-state index contributed by atoms with van der Waals surface area (Å²) in [6, 6.07) is 0. The molecular formula is C15H27N5S. The Bertz CT molecular complexity index is 421. The smallest absolute Gasteiger partial charge is 0.134 e. The summed E-state index contributed by atoms with van der Waals surface area (Å²) >= 11 is 1.48. The molecule has 2 aliphatic rings. The summed E-state index contributed by atoms with van der Waals surface area (Å²) in [6.45, 7) is 10.4. The molecule has 0 atom stereocenters. The third-order valence-corrected chi connectivity index (χ3v) is 5.41. The summed E-state index contributed by atoms with van der Waals surface area (Å²) in [7, 11) is 0. The molecule has 118 valence electrons. The van der Waals surface area contributed by atoms with Crippen LogP contribution in [0.4, 0.5) is 5.00 Å². The number of likely N-dealkylation sites (tertiary alicyclic amines) is 2. The number of hydrogen-bond donors (Lipinski definition) is 1. The van der Waals surface area contributed by atoms with Gasteiger partial charge in [-0.15, -0.1) is 5.10 Å². The Labute approximate surface area is 131 Å². The van der Waals surface area contributed by atoms with Crippen LogP contribution in [0.2, 0.25) is 0 Å². The van der Waals surface area contributed by atoms with Crippen LogP contribution in [0.3, 0.4) is 0 Å². The lowest BCUT2D eigenvalue weighted by molar-refractivity contribution is 0.148. The number of anilines is 1. The van der Waals surface area contributed by atoms with Crippen molar-refractivity contribution in [2.45, 2.75) is 39.2 Å². The van der Waals surface area contributed by atoms with Crippen molar-refractivity contribution in [2.75, 3.05) is 44.6 Å². The van der Waals surface area contributed by atoms with E-state index < -0.39 is 0 Å². The van der Waals surface area contributed by atoms with E-state index in [9.17, 15) is 0 Å². The van der Waals surface area contributed by atoms with Gasteiger partial charge in [0, 0.05) is 31.2 Å². The zero-order chi connectivity index (χ0) is 14.5. The second-order valence-corrected chi connectivity index (χ2v) is 7.06. The van der Waals surface area contributed by atoms with Crippen molar-refractivity contribution in [2.24, 2.45) is 5.92 Å². The minimum Gasteiger partial charge on any atom is -0.374 e. The molecule has 2 fully saturated rings. The maximum absolute atomic E-state index is 4.29. The van der Waals surface area contributed by atoms with Crippen LogP contribution in [-0.4, -0.2) is 58.7 Å². The molecule has 1 N–H and O–H groups in total. The monoisotopic (exact) mass is 309 g/mol. The first-order valence-corrected chi connectivity index (χ1v) is 9.12. The lowest BCUT2D eigenvalue weighted by Crippen LogP contribution is -2.37. The zero-order valence-corrected chi connectivity index (χ0v) is 13.9. The molecule has 0 bridgehead atoms. The van der Waals surface area contributed by atoms with Gasteiger partial charge in [-0.3, -0.25) is 4.90 Å². The van der Waals surface area contributed by atoms with Gasteiger partial charge in [0.1, 0.15) is 10.7 Å². The molecule has 0 spiro atoms. The number of rotatable bonds is 6. The molecule has 0 amide bonds. The fourth-order valence-corrected chi connectivity index (χ4v) is 4.12. The van der Waals surface area contributed by atoms with Crippen molar-refractivity contribution in [1.29, 1.82) is 0 Å². The van der Waals surface area contributed by atoms with Gasteiger partial charge < -0.3 is 10.2 Å². The number of piperidine rings is 1.